The van der Waals surface area contributed by atoms with Crippen molar-refractivity contribution in [2.45, 2.75) is 6.42 Å². The molecule has 2 nitrogen and oxygen atoms in total. The lowest BCUT2D eigenvalue weighted by atomic mass is 10.3. The topological polar surface area (TPSA) is 29.4 Å². The van der Waals surface area contributed by atoms with E-state index in [0.29, 0.717) is 11.5 Å². The summed E-state index contributed by atoms with van der Waals surface area (Å²) in [6.07, 6.45) is 0.853. The molecule has 1 aliphatic rings. The van der Waals surface area contributed by atoms with Crippen LogP contribution in [0, 0.1) is 11.6 Å². The molecule has 1 heterocycles. The third-order valence-corrected chi connectivity index (χ3v) is 5.32. The quantitative estimate of drug-likeness (QED) is 0.732. The van der Waals surface area contributed by atoms with Crippen LogP contribution in [-0.4, -0.2) is 15.7 Å². The second-order valence-corrected chi connectivity index (χ2v) is 6.66. The highest BCUT2D eigenvalue weighted by molar-refractivity contribution is 9.10. The number of rotatable bonds is 1. The number of hydrogen-bond donors (Lipinski definition) is 0. The van der Waals surface area contributed by atoms with Gasteiger partial charge in [0.25, 0.3) is 0 Å². The Labute approximate surface area is 95.0 Å². The van der Waals surface area contributed by atoms with Crippen LogP contribution >= 0.6 is 15.9 Å². The van der Waals surface area contributed by atoms with Gasteiger partial charge >= 0.3 is 0 Å². The van der Waals surface area contributed by atoms with Gasteiger partial charge in [-0.2, -0.15) is 4.36 Å². The fourth-order valence-corrected chi connectivity index (χ4v) is 3.05. The molecule has 6 heteroatoms. The maximum absolute atomic E-state index is 13.4. The Kier molecular flexibility index (Phi) is 2.81. The first kappa shape index (κ1) is 11.0. The van der Waals surface area contributed by atoms with Crippen molar-refractivity contribution in [2.75, 3.05) is 11.5 Å². The largest absolute Gasteiger partial charge is 0.249 e. The molecule has 82 valence electrons. The molecule has 1 saturated heterocycles. The van der Waals surface area contributed by atoms with Crippen molar-refractivity contribution in [1.82, 2.24) is 0 Å². The van der Waals surface area contributed by atoms with Crippen molar-refractivity contribution in [3.63, 3.8) is 0 Å². The third-order valence-electron chi connectivity index (χ3n) is 2.21. The highest BCUT2D eigenvalue weighted by Gasteiger charge is 2.21. The average Bonchev–Trinajstić information content (AvgIpc) is 2.17. The molecule has 1 aliphatic heterocycles. The fourth-order valence-electron chi connectivity index (χ4n) is 1.25. The van der Waals surface area contributed by atoms with E-state index in [9.17, 15) is 13.0 Å². The van der Waals surface area contributed by atoms with Crippen LogP contribution in [0.2, 0.25) is 0 Å². The van der Waals surface area contributed by atoms with Crippen molar-refractivity contribution in [2.24, 2.45) is 4.36 Å². The highest BCUT2D eigenvalue weighted by Crippen LogP contribution is 2.30. The Morgan fingerprint density at radius 1 is 1.33 bits per heavy atom. The van der Waals surface area contributed by atoms with Gasteiger partial charge in [-0.3, -0.25) is 0 Å². The minimum atomic E-state index is -2.25. The summed E-state index contributed by atoms with van der Waals surface area (Å²) in [4.78, 5) is 0. The first-order chi connectivity index (χ1) is 7.02. The van der Waals surface area contributed by atoms with Crippen LogP contribution in [0.4, 0.5) is 14.5 Å². The summed E-state index contributed by atoms with van der Waals surface area (Å²) >= 11 is 2.77. The molecule has 0 aliphatic carbocycles. The Morgan fingerprint density at radius 2 is 2.00 bits per heavy atom. The molecule has 0 unspecified atom stereocenters. The van der Waals surface area contributed by atoms with Gasteiger partial charge in [-0.05, 0) is 34.5 Å². The van der Waals surface area contributed by atoms with Crippen LogP contribution in [0.3, 0.4) is 0 Å². The Balaban J connectivity index is 2.51. The van der Waals surface area contributed by atoms with Crippen LogP contribution in [0.15, 0.2) is 21.0 Å². The predicted molar refractivity (Wildman–Crippen MR) is 58.6 cm³/mol. The second kappa shape index (κ2) is 3.83. The van der Waals surface area contributed by atoms with E-state index in [1.807, 2.05) is 0 Å². The Morgan fingerprint density at radius 3 is 2.53 bits per heavy atom. The zero-order valence-electron chi connectivity index (χ0n) is 7.67. The summed E-state index contributed by atoms with van der Waals surface area (Å²) in [6, 6.07) is 2.31. The molecule has 2 rings (SSSR count). The summed E-state index contributed by atoms with van der Waals surface area (Å²) in [5, 5.41) is 0. The molecule has 15 heavy (non-hydrogen) atoms. The van der Waals surface area contributed by atoms with E-state index in [1.165, 1.54) is 6.07 Å². The maximum atomic E-state index is 13.4. The molecule has 0 bridgehead atoms. The Bertz CT molecular complexity index is 513. The van der Waals surface area contributed by atoms with Gasteiger partial charge < -0.3 is 0 Å². The van der Waals surface area contributed by atoms with Gasteiger partial charge in [0.15, 0.2) is 5.82 Å². The van der Waals surface area contributed by atoms with Crippen LogP contribution in [0.25, 0.3) is 0 Å². The first-order valence-electron chi connectivity index (χ1n) is 4.38. The zero-order chi connectivity index (χ0) is 11.1. The monoisotopic (exact) mass is 295 g/mol. The minimum absolute atomic E-state index is 0.0343. The van der Waals surface area contributed by atoms with Crippen molar-refractivity contribution in [3.05, 3.63) is 28.2 Å². The van der Waals surface area contributed by atoms with Crippen LogP contribution < -0.4 is 0 Å². The van der Waals surface area contributed by atoms with E-state index in [4.69, 9.17) is 0 Å². The molecule has 0 atom stereocenters. The lowest BCUT2D eigenvalue weighted by molar-refractivity contribution is 0.573. The number of hydrogen-bond acceptors (Lipinski definition) is 2. The first-order valence-corrected chi connectivity index (χ1v) is 7.02. The summed E-state index contributed by atoms with van der Waals surface area (Å²) in [5.41, 5.74) is -0.0343. The van der Waals surface area contributed by atoms with Crippen LogP contribution in [-0.2, 0) is 9.73 Å². The van der Waals surface area contributed by atoms with Gasteiger partial charge in [-0.25, -0.2) is 13.0 Å². The average molecular weight is 296 g/mol. The molecule has 0 saturated carbocycles. The van der Waals surface area contributed by atoms with Gasteiger partial charge in [0.05, 0.1) is 14.2 Å². The molecule has 1 aromatic carbocycles. The smallest absolute Gasteiger partial charge is 0.166 e. The van der Waals surface area contributed by atoms with Crippen LogP contribution in [0.1, 0.15) is 6.42 Å². The van der Waals surface area contributed by atoms with Crippen molar-refractivity contribution >= 4 is 31.3 Å². The minimum Gasteiger partial charge on any atom is -0.249 e. The lowest BCUT2D eigenvalue weighted by Crippen LogP contribution is -2.23. The van der Waals surface area contributed by atoms with E-state index in [-0.39, 0.29) is 10.2 Å². The van der Waals surface area contributed by atoms with E-state index in [2.05, 4.69) is 20.3 Å². The molecular weight excluding hydrogens is 288 g/mol. The van der Waals surface area contributed by atoms with E-state index in [0.717, 1.165) is 12.5 Å². The van der Waals surface area contributed by atoms with E-state index >= 15 is 0 Å². The van der Waals surface area contributed by atoms with Gasteiger partial charge in [0.1, 0.15) is 11.5 Å². The standard InChI is InChI=1S/C9H8BrF2NOS/c10-8-6(11)2-3-7(9(8)12)13-15(14)4-1-5-15/h2-3H,1,4-5H2. The molecule has 0 N–H and O–H groups in total. The zero-order valence-corrected chi connectivity index (χ0v) is 10.1. The fraction of sp³-hybridized carbons (Fsp3) is 0.333. The number of nitrogens with zero attached hydrogens (tertiary/aromatic N) is 1. The Hall–Kier alpha value is -0.490. The predicted octanol–water partition coefficient (Wildman–Crippen LogP) is 3.23. The van der Waals surface area contributed by atoms with Gasteiger partial charge in [-0.15, -0.1) is 0 Å². The van der Waals surface area contributed by atoms with Gasteiger partial charge in [0.2, 0.25) is 0 Å². The molecule has 0 aromatic heterocycles. The number of benzene rings is 1. The molecule has 1 aromatic rings. The van der Waals surface area contributed by atoms with Crippen LogP contribution in [0.5, 0.6) is 0 Å². The summed E-state index contributed by atoms with van der Waals surface area (Å²) in [7, 11) is -2.25. The van der Waals surface area contributed by atoms with E-state index in [1.54, 1.807) is 0 Å². The summed E-state index contributed by atoms with van der Waals surface area (Å²) in [6.45, 7) is 0. The molecule has 0 radical (unpaired) electrons. The molecule has 1 fully saturated rings. The SMILES string of the molecule is O=S1(=Nc2ccc(F)c(Br)c2F)CCC1. The second-order valence-electron chi connectivity index (χ2n) is 3.32. The van der Waals surface area contributed by atoms with Crippen molar-refractivity contribution in [1.29, 1.82) is 0 Å². The molecule has 0 spiro atoms. The lowest BCUT2D eigenvalue weighted by Gasteiger charge is -2.17. The third kappa shape index (κ3) is 2.06. The van der Waals surface area contributed by atoms with Gasteiger partial charge in [-0.1, -0.05) is 0 Å². The number of halogens is 3. The van der Waals surface area contributed by atoms with E-state index < -0.39 is 21.4 Å². The van der Waals surface area contributed by atoms with Crippen molar-refractivity contribution < 1.29 is 13.0 Å². The highest BCUT2D eigenvalue weighted by atomic mass is 79.9. The molecule has 0 amide bonds. The van der Waals surface area contributed by atoms with Gasteiger partial charge in [0, 0.05) is 11.5 Å². The summed E-state index contributed by atoms with van der Waals surface area (Å²) < 4.78 is 41.6. The molecular formula is C9H8BrF2NOS. The summed E-state index contributed by atoms with van der Waals surface area (Å²) in [5.74, 6) is -0.470. The van der Waals surface area contributed by atoms with Crippen molar-refractivity contribution in [3.8, 4) is 0 Å². The normalized spacial score (nSPS) is 18.3. The maximum Gasteiger partial charge on any atom is 0.166 e.